The van der Waals surface area contributed by atoms with E-state index in [1.54, 1.807) is 11.7 Å². The highest BCUT2D eigenvalue weighted by Crippen LogP contribution is 2.22. The number of benzene rings is 1. The molecule has 1 aromatic heterocycles. The van der Waals surface area contributed by atoms with E-state index in [0.717, 1.165) is 23.1 Å². The van der Waals surface area contributed by atoms with E-state index in [1.807, 2.05) is 37.3 Å². The topological polar surface area (TPSA) is 34.9 Å². The molecule has 0 unspecified atom stereocenters. The number of carbonyl (C=O) groups is 1. The average Bonchev–Trinajstić information content (AvgIpc) is 2.55. The van der Waals surface area contributed by atoms with Gasteiger partial charge in [-0.15, -0.1) is 0 Å². The Morgan fingerprint density at radius 1 is 1.27 bits per heavy atom. The number of hydrogen-bond acceptors (Lipinski definition) is 2. The summed E-state index contributed by atoms with van der Waals surface area (Å²) in [7, 11) is 1.78. The molecular weight excluding hydrogens is 188 g/mol. The SMILES string of the molecule is Cc1c(-c2ccccc2)nn(C)c1C=O. The fourth-order valence-electron chi connectivity index (χ4n) is 1.68. The van der Waals surface area contributed by atoms with Crippen LogP contribution in [0.25, 0.3) is 11.3 Å². The maximum Gasteiger partial charge on any atom is 0.168 e. The monoisotopic (exact) mass is 200 g/mol. The summed E-state index contributed by atoms with van der Waals surface area (Å²) in [5, 5.41) is 4.34. The van der Waals surface area contributed by atoms with Crippen LogP contribution < -0.4 is 0 Å². The second kappa shape index (κ2) is 3.69. The van der Waals surface area contributed by atoms with Gasteiger partial charge in [0.25, 0.3) is 0 Å². The molecule has 0 radical (unpaired) electrons. The Hall–Kier alpha value is -1.90. The number of rotatable bonds is 2. The van der Waals surface area contributed by atoms with Crippen molar-refractivity contribution < 1.29 is 4.79 Å². The van der Waals surface area contributed by atoms with E-state index in [4.69, 9.17) is 0 Å². The van der Waals surface area contributed by atoms with E-state index in [2.05, 4.69) is 5.10 Å². The molecule has 2 rings (SSSR count). The molecule has 0 saturated heterocycles. The lowest BCUT2D eigenvalue weighted by molar-refractivity contribution is 0.111. The molecule has 0 amide bonds. The first-order valence-corrected chi connectivity index (χ1v) is 4.78. The van der Waals surface area contributed by atoms with Crippen molar-refractivity contribution in [2.45, 2.75) is 6.92 Å². The predicted octanol–water partition coefficient (Wildman–Crippen LogP) is 2.21. The normalized spacial score (nSPS) is 10.3. The van der Waals surface area contributed by atoms with Crippen LogP contribution in [0.5, 0.6) is 0 Å². The van der Waals surface area contributed by atoms with Gasteiger partial charge in [0, 0.05) is 18.2 Å². The molecule has 3 heteroatoms. The van der Waals surface area contributed by atoms with Crippen molar-refractivity contribution in [2.24, 2.45) is 7.05 Å². The van der Waals surface area contributed by atoms with Gasteiger partial charge in [0.1, 0.15) is 5.69 Å². The predicted molar refractivity (Wildman–Crippen MR) is 58.8 cm³/mol. The molecular formula is C12H12N2O. The van der Waals surface area contributed by atoms with Gasteiger partial charge < -0.3 is 0 Å². The van der Waals surface area contributed by atoms with Crippen LogP contribution in [-0.2, 0) is 7.05 Å². The standard InChI is InChI=1S/C12H12N2O/c1-9-11(8-15)14(2)13-12(9)10-6-4-3-5-7-10/h3-8H,1-2H3. The van der Waals surface area contributed by atoms with Gasteiger partial charge in [-0.25, -0.2) is 0 Å². The molecule has 2 aromatic rings. The number of carbonyl (C=O) groups excluding carboxylic acids is 1. The highest BCUT2D eigenvalue weighted by atomic mass is 16.1. The Morgan fingerprint density at radius 2 is 1.93 bits per heavy atom. The van der Waals surface area contributed by atoms with E-state index in [1.165, 1.54) is 0 Å². The lowest BCUT2D eigenvalue weighted by Gasteiger charge is -1.96. The Kier molecular flexibility index (Phi) is 2.37. The number of nitrogens with zero attached hydrogens (tertiary/aromatic N) is 2. The Balaban J connectivity index is 2.60. The average molecular weight is 200 g/mol. The zero-order valence-corrected chi connectivity index (χ0v) is 8.77. The largest absolute Gasteiger partial charge is 0.296 e. The van der Waals surface area contributed by atoms with Gasteiger partial charge in [-0.3, -0.25) is 9.48 Å². The van der Waals surface area contributed by atoms with Gasteiger partial charge in [0.05, 0.1) is 5.69 Å². The molecule has 0 aliphatic rings. The summed E-state index contributed by atoms with van der Waals surface area (Å²) < 4.78 is 1.62. The second-order valence-electron chi connectivity index (χ2n) is 3.47. The van der Waals surface area contributed by atoms with Gasteiger partial charge in [-0.1, -0.05) is 30.3 Å². The molecule has 1 aromatic carbocycles. The van der Waals surface area contributed by atoms with Crippen molar-refractivity contribution >= 4 is 6.29 Å². The third kappa shape index (κ3) is 1.56. The van der Waals surface area contributed by atoms with Crippen LogP contribution >= 0.6 is 0 Å². The molecule has 3 nitrogen and oxygen atoms in total. The van der Waals surface area contributed by atoms with Gasteiger partial charge in [-0.05, 0) is 6.92 Å². The highest BCUT2D eigenvalue weighted by molar-refractivity contribution is 5.79. The highest BCUT2D eigenvalue weighted by Gasteiger charge is 2.12. The number of aromatic nitrogens is 2. The molecule has 0 bridgehead atoms. The molecule has 0 saturated carbocycles. The maximum atomic E-state index is 10.8. The van der Waals surface area contributed by atoms with Crippen LogP contribution in [0.2, 0.25) is 0 Å². The fraction of sp³-hybridized carbons (Fsp3) is 0.167. The fourth-order valence-corrected chi connectivity index (χ4v) is 1.68. The van der Waals surface area contributed by atoms with E-state index < -0.39 is 0 Å². The third-order valence-corrected chi connectivity index (χ3v) is 2.50. The van der Waals surface area contributed by atoms with Gasteiger partial charge in [-0.2, -0.15) is 5.10 Å². The Morgan fingerprint density at radius 3 is 2.47 bits per heavy atom. The first kappa shape index (κ1) is 9.65. The Labute approximate surface area is 88.4 Å². The van der Waals surface area contributed by atoms with Crippen LogP contribution in [0, 0.1) is 6.92 Å². The van der Waals surface area contributed by atoms with Gasteiger partial charge >= 0.3 is 0 Å². The van der Waals surface area contributed by atoms with Crippen LogP contribution in [0.4, 0.5) is 0 Å². The zero-order chi connectivity index (χ0) is 10.8. The summed E-state index contributed by atoms with van der Waals surface area (Å²) in [6.07, 6.45) is 0.842. The van der Waals surface area contributed by atoms with E-state index in [9.17, 15) is 4.79 Å². The first-order valence-electron chi connectivity index (χ1n) is 4.78. The molecule has 0 aliphatic heterocycles. The summed E-state index contributed by atoms with van der Waals surface area (Å²) in [5.74, 6) is 0. The minimum Gasteiger partial charge on any atom is -0.296 e. The van der Waals surface area contributed by atoms with Crippen LogP contribution in [0.3, 0.4) is 0 Å². The van der Waals surface area contributed by atoms with Crippen molar-refractivity contribution in [3.8, 4) is 11.3 Å². The summed E-state index contributed by atoms with van der Waals surface area (Å²) in [6.45, 7) is 1.92. The van der Waals surface area contributed by atoms with Crippen molar-refractivity contribution in [3.63, 3.8) is 0 Å². The molecule has 15 heavy (non-hydrogen) atoms. The third-order valence-electron chi connectivity index (χ3n) is 2.50. The van der Waals surface area contributed by atoms with Gasteiger partial charge in [0.2, 0.25) is 0 Å². The van der Waals surface area contributed by atoms with Crippen LogP contribution in [0.15, 0.2) is 30.3 Å². The van der Waals surface area contributed by atoms with Crippen LogP contribution in [0.1, 0.15) is 16.1 Å². The summed E-state index contributed by atoms with van der Waals surface area (Å²) in [4.78, 5) is 10.8. The Bertz CT molecular complexity index is 486. The van der Waals surface area contributed by atoms with Gasteiger partial charge in [0.15, 0.2) is 6.29 Å². The lowest BCUT2D eigenvalue weighted by atomic mass is 10.1. The summed E-state index contributed by atoms with van der Waals surface area (Å²) in [5.41, 5.74) is 3.48. The van der Waals surface area contributed by atoms with E-state index in [0.29, 0.717) is 5.69 Å². The van der Waals surface area contributed by atoms with Crippen molar-refractivity contribution in [1.29, 1.82) is 0 Å². The molecule has 0 atom stereocenters. The minimum atomic E-state index is 0.633. The number of hydrogen-bond donors (Lipinski definition) is 0. The molecule has 0 N–H and O–H groups in total. The van der Waals surface area contributed by atoms with E-state index in [-0.39, 0.29) is 0 Å². The molecule has 1 heterocycles. The molecule has 0 aliphatic carbocycles. The van der Waals surface area contributed by atoms with Crippen molar-refractivity contribution in [3.05, 3.63) is 41.6 Å². The lowest BCUT2D eigenvalue weighted by Crippen LogP contribution is -1.96. The smallest absolute Gasteiger partial charge is 0.168 e. The number of aryl methyl sites for hydroxylation is 1. The molecule has 0 spiro atoms. The zero-order valence-electron chi connectivity index (χ0n) is 8.77. The second-order valence-corrected chi connectivity index (χ2v) is 3.47. The van der Waals surface area contributed by atoms with Crippen molar-refractivity contribution in [1.82, 2.24) is 9.78 Å². The quantitative estimate of drug-likeness (QED) is 0.696. The van der Waals surface area contributed by atoms with E-state index >= 15 is 0 Å². The van der Waals surface area contributed by atoms with Crippen molar-refractivity contribution in [2.75, 3.05) is 0 Å². The first-order chi connectivity index (χ1) is 7.24. The van der Waals surface area contributed by atoms with Crippen LogP contribution in [-0.4, -0.2) is 16.1 Å². The minimum absolute atomic E-state index is 0.633. The maximum absolute atomic E-state index is 10.8. The summed E-state index contributed by atoms with van der Waals surface area (Å²) in [6, 6.07) is 9.87. The molecule has 76 valence electrons. The summed E-state index contributed by atoms with van der Waals surface area (Å²) >= 11 is 0. The number of aldehydes is 1. The molecule has 0 fully saturated rings.